The second-order valence-corrected chi connectivity index (χ2v) is 11.7. The van der Waals surface area contributed by atoms with Crippen LogP contribution < -0.4 is 5.01 Å². The number of nitrogens with zero attached hydrogens (tertiary/aromatic N) is 2. The van der Waals surface area contributed by atoms with Crippen molar-refractivity contribution in [3.05, 3.63) is 102 Å². The Labute approximate surface area is 258 Å². The first-order valence-electron chi connectivity index (χ1n) is 14.9. The van der Waals surface area contributed by atoms with Crippen molar-refractivity contribution in [2.45, 2.75) is 59.0 Å². The Bertz CT molecular complexity index is 1420. The highest BCUT2D eigenvalue weighted by Crippen LogP contribution is 2.30. The normalized spacial score (nSPS) is 13.9. The molecule has 1 unspecified atom stereocenters. The standard InChI is InChI=1S/C35H40N2O7/c1-35(2,3)34(41)44-25-43-33(40)29(27-15-8-5-9-16-27)21-22-36(23-32(39)42-24-26-13-6-4-7-14-26)37-30-19-11-10-17-28(30)18-12-20-31(37)38/h4-11,13-17,19,29H,12,18,20-25H2,1-3H3. The molecule has 1 amide bonds. The van der Waals surface area contributed by atoms with Crippen molar-refractivity contribution >= 4 is 29.5 Å². The van der Waals surface area contributed by atoms with Crippen LogP contribution in [0.3, 0.4) is 0 Å². The first-order chi connectivity index (χ1) is 21.1. The van der Waals surface area contributed by atoms with Crippen LogP contribution in [0.25, 0.3) is 0 Å². The van der Waals surface area contributed by atoms with Gasteiger partial charge in [0.25, 0.3) is 0 Å². The second-order valence-electron chi connectivity index (χ2n) is 11.7. The highest BCUT2D eigenvalue weighted by atomic mass is 16.7. The summed E-state index contributed by atoms with van der Waals surface area (Å²) >= 11 is 0. The molecule has 0 aliphatic carbocycles. The fraction of sp³-hybridized carbons (Fsp3) is 0.371. The molecular formula is C35H40N2O7. The number of anilines is 1. The fourth-order valence-corrected chi connectivity index (χ4v) is 4.93. The number of fused-ring (bicyclic) bond motifs is 1. The quantitative estimate of drug-likeness (QED) is 0.196. The smallest absolute Gasteiger partial charge is 0.322 e. The summed E-state index contributed by atoms with van der Waals surface area (Å²) < 4.78 is 16.1. The Morgan fingerprint density at radius 3 is 2.20 bits per heavy atom. The highest BCUT2D eigenvalue weighted by Gasteiger charge is 2.32. The van der Waals surface area contributed by atoms with Crippen molar-refractivity contribution < 1.29 is 33.4 Å². The molecule has 0 fully saturated rings. The highest BCUT2D eigenvalue weighted by molar-refractivity contribution is 5.94. The fourth-order valence-electron chi connectivity index (χ4n) is 4.93. The predicted octanol–water partition coefficient (Wildman–Crippen LogP) is 5.58. The Hall–Kier alpha value is -4.50. The molecule has 1 aliphatic rings. The Morgan fingerprint density at radius 2 is 1.50 bits per heavy atom. The van der Waals surface area contributed by atoms with E-state index < -0.39 is 36.0 Å². The summed E-state index contributed by atoms with van der Waals surface area (Å²) in [4.78, 5) is 52.2. The van der Waals surface area contributed by atoms with Gasteiger partial charge in [0.05, 0.1) is 17.0 Å². The van der Waals surface area contributed by atoms with Gasteiger partial charge in [0.15, 0.2) is 0 Å². The van der Waals surface area contributed by atoms with Crippen LogP contribution in [-0.4, -0.2) is 48.7 Å². The van der Waals surface area contributed by atoms with Gasteiger partial charge >= 0.3 is 17.9 Å². The van der Waals surface area contributed by atoms with E-state index in [0.29, 0.717) is 24.1 Å². The zero-order valence-corrected chi connectivity index (χ0v) is 25.6. The Balaban J connectivity index is 1.55. The number of ether oxygens (including phenoxy) is 3. The molecule has 0 bridgehead atoms. The molecule has 9 nitrogen and oxygen atoms in total. The molecular weight excluding hydrogens is 560 g/mol. The van der Waals surface area contributed by atoms with Crippen molar-refractivity contribution in [1.82, 2.24) is 5.01 Å². The van der Waals surface area contributed by atoms with Crippen molar-refractivity contribution in [2.75, 3.05) is 24.9 Å². The Kier molecular flexibility index (Phi) is 11.3. The number of hydrogen-bond donors (Lipinski definition) is 0. The maximum Gasteiger partial charge on any atom is 0.322 e. The molecule has 4 rings (SSSR count). The van der Waals surface area contributed by atoms with Gasteiger partial charge in [0.1, 0.15) is 13.2 Å². The third-order valence-electron chi connectivity index (χ3n) is 7.30. The molecule has 9 heteroatoms. The molecule has 0 N–H and O–H groups in total. The molecule has 44 heavy (non-hydrogen) atoms. The topological polar surface area (TPSA) is 102 Å². The molecule has 0 spiro atoms. The first kappa shape index (κ1) is 32.4. The van der Waals surface area contributed by atoms with Gasteiger partial charge in [-0.3, -0.25) is 19.2 Å². The van der Waals surface area contributed by atoms with E-state index in [0.717, 1.165) is 17.5 Å². The molecule has 0 saturated heterocycles. The van der Waals surface area contributed by atoms with Crippen LogP contribution in [0.5, 0.6) is 0 Å². The third kappa shape index (κ3) is 9.00. The number of esters is 3. The number of rotatable bonds is 12. The molecule has 0 saturated carbocycles. The van der Waals surface area contributed by atoms with E-state index >= 15 is 0 Å². The number of amides is 1. The van der Waals surface area contributed by atoms with Crippen LogP contribution in [0.2, 0.25) is 0 Å². The summed E-state index contributed by atoms with van der Waals surface area (Å²) in [5.74, 6) is -2.45. The lowest BCUT2D eigenvalue weighted by molar-refractivity contribution is -0.174. The maximum atomic E-state index is 13.5. The van der Waals surface area contributed by atoms with Gasteiger partial charge < -0.3 is 14.2 Å². The van der Waals surface area contributed by atoms with E-state index in [1.807, 2.05) is 84.9 Å². The van der Waals surface area contributed by atoms with E-state index in [-0.39, 0.29) is 32.0 Å². The zero-order valence-electron chi connectivity index (χ0n) is 25.6. The summed E-state index contributed by atoms with van der Waals surface area (Å²) in [6, 6.07) is 26.1. The molecule has 1 aliphatic heterocycles. The second kappa shape index (κ2) is 15.3. The van der Waals surface area contributed by atoms with Crippen LogP contribution in [0.1, 0.15) is 62.6 Å². The van der Waals surface area contributed by atoms with E-state index in [2.05, 4.69) is 0 Å². The van der Waals surface area contributed by atoms with Crippen LogP contribution >= 0.6 is 0 Å². The summed E-state index contributed by atoms with van der Waals surface area (Å²) in [6.45, 7) is 4.70. The molecule has 3 aromatic rings. The molecule has 0 aromatic heterocycles. The van der Waals surface area contributed by atoms with Crippen LogP contribution in [0.4, 0.5) is 5.69 Å². The SMILES string of the molecule is CC(C)(C)C(=O)OCOC(=O)C(CCN(CC(=O)OCc1ccccc1)N1C(=O)CCCc2ccccc21)c1ccccc1. The van der Waals surface area contributed by atoms with E-state index in [1.54, 1.807) is 30.8 Å². The summed E-state index contributed by atoms with van der Waals surface area (Å²) in [7, 11) is 0. The number of aryl methyl sites for hydroxylation is 1. The molecule has 1 atom stereocenters. The number of hydrogen-bond acceptors (Lipinski definition) is 8. The van der Waals surface area contributed by atoms with Gasteiger partial charge in [0, 0.05) is 13.0 Å². The van der Waals surface area contributed by atoms with E-state index in [9.17, 15) is 19.2 Å². The molecule has 0 radical (unpaired) electrons. The zero-order chi connectivity index (χ0) is 31.5. The summed E-state index contributed by atoms with van der Waals surface area (Å²) in [5.41, 5.74) is 2.52. The number of hydrazine groups is 1. The molecule has 1 heterocycles. The monoisotopic (exact) mass is 600 g/mol. The number of carbonyl (C=O) groups excluding carboxylic acids is 4. The lowest BCUT2D eigenvalue weighted by Crippen LogP contribution is -2.50. The Morgan fingerprint density at radius 1 is 0.841 bits per heavy atom. The number of para-hydroxylation sites is 1. The lowest BCUT2D eigenvalue weighted by atomic mass is 9.95. The van der Waals surface area contributed by atoms with Gasteiger partial charge in [-0.1, -0.05) is 78.9 Å². The van der Waals surface area contributed by atoms with E-state index in [4.69, 9.17) is 14.2 Å². The van der Waals surface area contributed by atoms with Gasteiger partial charge in [-0.2, -0.15) is 0 Å². The maximum absolute atomic E-state index is 13.5. The first-order valence-corrected chi connectivity index (χ1v) is 14.9. The average molecular weight is 601 g/mol. The lowest BCUT2D eigenvalue weighted by Gasteiger charge is -2.35. The van der Waals surface area contributed by atoms with Crippen LogP contribution in [0.15, 0.2) is 84.9 Å². The number of carbonyl (C=O) groups is 4. The number of benzene rings is 3. The minimum Gasteiger partial charge on any atom is -0.460 e. The third-order valence-corrected chi connectivity index (χ3v) is 7.30. The minimum absolute atomic E-state index is 0.101. The van der Waals surface area contributed by atoms with Crippen molar-refractivity contribution in [2.24, 2.45) is 5.41 Å². The molecule has 3 aromatic carbocycles. The molecule has 232 valence electrons. The van der Waals surface area contributed by atoms with E-state index in [1.165, 1.54) is 0 Å². The largest absolute Gasteiger partial charge is 0.460 e. The van der Waals surface area contributed by atoms with Gasteiger partial charge in [0.2, 0.25) is 12.7 Å². The minimum atomic E-state index is -0.746. The van der Waals surface area contributed by atoms with Crippen LogP contribution in [-0.2, 0) is 46.4 Å². The van der Waals surface area contributed by atoms with Crippen LogP contribution in [0, 0.1) is 5.41 Å². The van der Waals surface area contributed by atoms with Gasteiger partial charge in [-0.15, -0.1) is 0 Å². The predicted molar refractivity (Wildman–Crippen MR) is 165 cm³/mol. The van der Waals surface area contributed by atoms with Crippen molar-refractivity contribution in [1.29, 1.82) is 0 Å². The average Bonchev–Trinajstić information content (AvgIpc) is 3.18. The van der Waals surface area contributed by atoms with Crippen molar-refractivity contribution in [3.63, 3.8) is 0 Å². The summed E-state index contributed by atoms with van der Waals surface area (Å²) in [5, 5.41) is 3.22. The van der Waals surface area contributed by atoms with Gasteiger partial charge in [-0.05, 0) is 62.8 Å². The van der Waals surface area contributed by atoms with Gasteiger partial charge in [-0.25, -0.2) is 10.0 Å². The summed E-state index contributed by atoms with van der Waals surface area (Å²) in [6.07, 6.45) is 1.95. The van der Waals surface area contributed by atoms with Crippen molar-refractivity contribution in [3.8, 4) is 0 Å².